The Labute approximate surface area is 169 Å². The van der Waals surface area contributed by atoms with Crippen molar-refractivity contribution in [1.82, 2.24) is 4.57 Å². The fraction of sp³-hybridized carbons (Fsp3) is 0.591. The van der Waals surface area contributed by atoms with Gasteiger partial charge in [-0.05, 0) is 74.1 Å². The fourth-order valence-electron chi connectivity index (χ4n) is 4.47. The van der Waals surface area contributed by atoms with Crippen LogP contribution in [-0.4, -0.2) is 25.6 Å². The number of aliphatic hydroxyl groups is 1. The second kappa shape index (κ2) is 8.78. The van der Waals surface area contributed by atoms with Crippen molar-refractivity contribution in [3.8, 4) is 0 Å². The first kappa shape index (κ1) is 20.4. The Kier molecular flexibility index (Phi) is 6.64. The molecule has 4 nitrogen and oxygen atoms in total. The molecular weight excluding hydrogens is 406 g/mol. The van der Waals surface area contributed by atoms with E-state index >= 15 is 0 Å². The van der Waals surface area contributed by atoms with Crippen molar-refractivity contribution in [1.29, 1.82) is 0 Å². The summed E-state index contributed by atoms with van der Waals surface area (Å²) < 4.78 is 2.43. The van der Waals surface area contributed by atoms with E-state index in [-0.39, 0.29) is 18.9 Å². The first-order chi connectivity index (χ1) is 12.9. The van der Waals surface area contributed by atoms with Gasteiger partial charge in [0.15, 0.2) is 0 Å². The third kappa shape index (κ3) is 4.75. The molecule has 1 aromatic carbocycles. The standard InChI is InChI=1S/C22H30BrNO3/c1-14(10-22(26)27)9-19-15(2)24(12-16-3-6-18(23)7-4-16)21-8-5-17(13-25)11-20(19)21/h5,8,11,14,16,18,25H,3-4,6-7,9-10,12-13H2,1-2H3,(H,26,27)/t14-,16?,18?/m1/s1. The molecule has 1 heterocycles. The number of carboxylic acids is 1. The van der Waals surface area contributed by atoms with Crippen LogP contribution < -0.4 is 0 Å². The molecule has 1 saturated carbocycles. The van der Waals surface area contributed by atoms with Crippen LogP contribution in [0, 0.1) is 18.8 Å². The number of rotatable bonds is 7. The lowest BCUT2D eigenvalue weighted by atomic mass is 9.89. The molecule has 0 unspecified atom stereocenters. The summed E-state index contributed by atoms with van der Waals surface area (Å²) in [4.78, 5) is 11.8. The van der Waals surface area contributed by atoms with E-state index in [1.165, 1.54) is 47.8 Å². The van der Waals surface area contributed by atoms with Crippen LogP contribution in [0.15, 0.2) is 18.2 Å². The number of hydrogen-bond donors (Lipinski definition) is 2. The number of aromatic nitrogens is 1. The zero-order valence-electron chi connectivity index (χ0n) is 16.2. The Balaban J connectivity index is 1.95. The summed E-state index contributed by atoms with van der Waals surface area (Å²) in [7, 11) is 0. The van der Waals surface area contributed by atoms with E-state index in [1.807, 2.05) is 13.0 Å². The third-order valence-electron chi connectivity index (χ3n) is 5.99. The van der Waals surface area contributed by atoms with Crippen LogP contribution >= 0.6 is 15.9 Å². The maximum absolute atomic E-state index is 11.1. The average molecular weight is 436 g/mol. The smallest absolute Gasteiger partial charge is 0.303 e. The van der Waals surface area contributed by atoms with Crippen molar-refractivity contribution in [3.05, 3.63) is 35.0 Å². The summed E-state index contributed by atoms with van der Waals surface area (Å²) in [6.07, 6.45) is 5.90. The van der Waals surface area contributed by atoms with Crippen molar-refractivity contribution in [2.24, 2.45) is 11.8 Å². The highest BCUT2D eigenvalue weighted by Gasteiger charge is 2.23. The minimum Gasteiger partial charge on any atom is -0.481 e. The van der Waals surface area contributed by atoms with Crippen LogP contribution in [0.3, 0.4) is 0 Å². The molecule has 148 valence electrons. The topological polar surface area (TPSA) is 62.5 Å². The second-order valence-corrected chi connectivity index (χ2v) is 9.50. The zero-order chi connectivity index (χ0) is 19.6. The summed E-state index contributed by atoms with van der Waals surface area (Å²) in [5.41, 5.74) is 4.61. The molecule has 27 heavy (non-hydrogen) atoms. The van der Waals surface area contributed by atoms with Gasteiger partial charge in [-0.2, -0.15) is 0 Å². The van der Waals surface area contributed by atoms with E-state index in [0.717, 1.165) is 18.5 Å². The van der Waals surface area contributed by atoms with Crippen molar-refractivity contribution >= 4 is 32.8 Å². The highest BCUT2D eigenvalue weighted by Crippen LogP contribution is 2.34. The number of nitrogens with zero attached hydrogens (tertiary/aromatic N) is 1. The van der Waals surface area contributed by atoms with Gasteiger partial charge in [-0.25, -0.2) is 0 Å². The number of carboxylic acid groups (broad SMARTS) is 1. The summed E-state index contributed by atoms with van der Waals surface area (Å²) >= 11 is 3.74. The Morgan fingerprint density at radius 3 is 2.63 bits per heavy atom. The number of carbonyl (C=O) groups is 1. The van der Waals surface area contributed by atoms with Gasteiger partial charge in [-0.15, -0.1) is 0 Å². The molecule has 1 aliphatic carbocycles. The van der Waals surface area contributed by atoms with Crippen LogP contribution in [-0.2, 0) is 24.4 Å². The molecule has 3 rings (SSSR count). The summed E-state index contributed by atoms with van der Waals surface area (Å²) in [6, 6.07) is 6.20. The molecule has 2 aromatic rings. The van der Waals surface area contributed by atoms with Gasteiger partial charge in [-0.1, -0.05) is 28.9 Å². The van der Waals surface area contributed by atoms with Crippen molar-refractivity contribution in [3.63, 3.8) is 0 Å². The van der Waals surface area contributed by atoms with Crippen LogP contribution in [0.2, 0.25) is 0 Å². The Morgan fingerprint density at radius 2 is 2.00 bits per heavy atom. The molecule has 1 aliphatic rings. The van der Waals surface area contributed by atoms with Crippen LogP contribution in [0.4, 0.5) is 0 Å². The van der Waals surface area contributed by atoms with Gasteiger partial charge < -0.3 is 14.8 Å². The monoisotopic (exact) mass is 435 g/mol. The lowest BCUT2D eigenvalue weighted by Crippen LogP contribution is -2.19. The first-order valence-electron chi connectivity index (χ1n) is 9.96. The molecule has 0 aliphatic heterocycles. The lowest BCUT2D eigenvalue weighted by Gasteiger charge is -2.26. The van der Waals surface area contributed by atoms with E-state index in [1.54, 1.807) is 0 Å². The second-order valence-electron chi connectivity index (χ2n) is 8.21. The normalized spacial score (nSPS) is 21.5. The van der Waals surface area contributed by atoms with E-state index in [9.17, 15) is 9.90 Å². The molecule has 2 N–H and O–H groups in total. The van der Waals surface area contributed by atoms with Gasteiger partial charge in [0.1, 0.15) is 0 Å². The predicted molar refractivity (Wildman–Crippen MR) is 112 cm³/mol. The average Bonchev–Trinajstić information content (AvgIpc) is 2.88. The van der Waals surface area contributed by atoms with Gasteiger partial charge in [0.2, 0.25) is 0 Å². The SMILES string of the molecule is Cc1c(C[C@@H](C)CC(=O)O)c2cc(CO)ccc2n1CC1CCC(Br)CC1. The minimum absolute atomic E-state index is 0.0273. The quantitative estimate of drug-likeness (QED) is 0.598. The maximum Gasteiger partial charge on any atom is 0.303 e. The molecule has 1 fully saturated rings. The van der Waals surface area contributed by atoms with E-state index in [2.05, 4.69) is 39.6 Å². The van der Waals surface area contributed by atoms with Crippen LogP contribution in [0.5, 0.6) is 0 Å². The summed E-state index contributed by atoms with van der Waals surface area (Å²) in [6.45, 7) is 5.22. The van der Waals surface area contributed by atoms with Gasteiger partial charge in [0.05, 0.1) is 6.61 Å². The minimum atomic E-state index is -0.744. The highest BCUT2D eigenvalue weighted by molar-refractivity contribution is 9.09. The molecule has 0 radical (unpaired) electrons. The molecule has 0 saturated heterocycles. The van der Waals surface area contributed by atoms with Gasteiger partial charge in [0.25, 0.3) is 0 Å². The van der Waals surface area contributed by atoms with Gasteiger partial charge >= 0.3 is 5.97 Å². The van der Waals surface area contributed by atoms with E-state index in [4.69, 9.17) is 5.11 Å². The van der Waals surface area contributed by atoms with Crippen molar-refractivity contribution in [2.75, 3.05) is 0 Å². The van der Waals surface area contributed by atoms with Crippen LogP contribution in [0.25, 0.3) is 10.9 Å². The number of halogens is 1. The number of aliphatic carboxylic acids is 1. The van der Waals surface area contributed by atoms with Crippen LogP contribution in [0.1, 0.15) is 55.8 Å². The third-order valence-corrected chi connectivity index (χ3v) is 6.91. The number of alkyl halides is 1. The number of aliphatic hydroxyl groups excluding tert-OH is 1. The highest BCUT2D eigenvalue weighted by atomic mass is 79.9. The van der Waals surface area contributed by atoms with Gasteiger partial charge in [0, 0.05) is 34.4 Å². The molecule has 0 bridgehead atoms. The van der Waals surface area contributed by atoms with Crippen molar-refractivity contribution < 1.29 is 15.0 Å². The lowest BCUT2D eigenvalue weighted by molar-refractivity contribution is -0.137. The van der Waals surface area contributed by atoms with Gasteiger partial charge in [-0.3, -0.25) is 4.79 Å². The summed E-state index contributed by atoms with van der Waals surface area (Å²) in [5, 5.41) is 19.9. The Morgan fingerprint density at radius 1 is 1.30 bits per heavy atom. The predicted octanol–water partition coefficient (Wildman–Crippen LogP) is 5.05. The number of hydrogen-bond acceptors (Lipinski definition) is 2. The van der Waals surface area contributed by atoms with E-state index < -0.39 is 5.97 Å². The molecule has 5 heteroatoms. The summed E-state index contributed by atoms with van der Waals surface area (Å²) in [5.74, 6) is 0.0308. The zero-order valence-corrected chi connectivity index (χ0v) is 17.8. The molecular formula is C22H30BrNO3. The number of fused-ring (bicyclic) bond motifs is 1. The molecule has 0 amide bonds. The van der Waals surface area contributed by atoms with Crippen molar-refractivity contribution in [2.45, 2.75) is 70.4 Å². The fourth-order valence-corrected chi connectivity index (χ4v) is 5.00. The first-order valence-corrected chi connectivity index (χ1v) is 10.9. The van der Waals surface area contributed by atoms with E-state index in [0.29, 0.717) is 10.7 Å². The Bertz CT molecular complexity index is 805. The molecule has 1 aromatic heterocycles. The Hall–Kier alpha value is -1.33. The maximum atomic E-state index is 11.1. The largest absolute Gasteiger partial charge is 0.481 e. The number of benzene rings is 1. The molecule has 1 atom stereocenters. The molecule has 0 spiro atoms.